The number of amides is 1. The molecule has 100 valence electrons. The predicted octanol–water partition coefficient (Wildman–Crippen LogP) is 2.24. The summed E-state index contributed by atoms with van der Waals surface area (Å²) in [6.07, 6.45) is -0.962. The first-order valence-corrected chi connectivity index (χ1v) is 7.15. The van der Waals surface area contributed by atoms with E-state index in [0.29, 0.717) is 5.56 Å². The van der Waals surface area contributed by atoms with Gasteiger partial charge in [-0.15, -0.1) is 0 Å². The van der Waals surface area contributed by atoms with Crippen LogP contribution in [-0.2, 0) is 14.8 Å². The molecule has 18 heavy (non-hydrogen) atoms. The number of carbonyl (C=O) groups is 1. The van der Waals surface area contributed by atoms with Gasteiger partial charge in [-0.2, -0.15) is 0 Å². The standard InChI is InChI=1S/C12H17NO4S/c1-4-17-12(14)13-18(15,16)11-8-6-5-7-10(11)9(2)3/h5-9H,4H2,1-3H3,(H,13,14). The first kappa shape index (κ1) is 14.5. The molecule has 1 amide bonds. The summed E-state index contributed by atoms with van der Waals surface area (Å²) < 4.78 is 30.5. The van der Waals surface area contributed by atoms with Crippen LogP contribution in [0, 0.1) is 0 Å². The van der Waals surface area contributed by atoms with Gasteiger partial charge in [0.25, 0.3) is 10.0 Å². The molecule has 0 bridgehead atoms. The monoisotopic (exact) mass is 271 g/mol. The topological polar surface area (TPSA) is 72.5 Å². The number of carbonyl (C=O) groups excluding carboxylic acids is 1. The molecule has 0 aliphatic heterocycles. The van der Waals surface area contributed by atoms with Crippen LogP contribution in [0.3, 0.4) is 0 Å². The first-order valence-electron chi connectivity index (χ1n) is 5.67. The summed E-state index contributed by atoms with van der Waals surface area (Å²) in [5.74, 6) is 0.0416. The van der Waals surface area contributed by atoms with Crippen LogP contribution in [-0.4, -0.2) is 21.1 Å². The maximum absolute atomic E-state index is 12.0. The molecule has 0 aliphatic carbocycles. The molecule has 0 fully saturated rings. The Labute approximate surface area is 107 Å². The van der Waals surface area contributed by atoms with Crippen LogP contribution in [0.1, 0.15) is 32.3 Å². The van der Waals surface area contributed by atoms with Crippen molar-refractivity contribution in [1.29, 1.82) is 0 Å². The van der Waals surface area contributed by atoms with Crippen molar-refractivity contribution < 1.29 is 17.9 Å². The minimum Gasteiger partial charge on any atom is -0.449 e. The van der Waals surface area contributed by atoms with Crippen molar-refractivity contribution in [2.24, 2.45) is 0 Å². The molecule has 0 saturated heterocycles. The number of hydrogen-bond acceptors (Lipinski definition) is 4. The van der Waals surface area contributed by atoms with Crippen molar-refractivity contribution in [1.82, 2.24) is 4.72 Å². The molecule has 0 spiro atoms. The highest BCUT2D eigenvalue weighted by Crippen LogP contribution is 2.23. The number of hydrogen-bond donors (Lipinski definition) is 1. The van der Waals surface area contributed by atoms with E-state index in [9.17, 15) is 13.2 Å². The van der Waals surface area contributed by atoms with Gasteiger partial charge >= 0.3 is 6.09 Å². The van der Waals surface area contributed by atoms with Gasteiger partial charge in [-0.25, -0.2) is 17.9 Å². The summed E-state index contributed by atoms with van der Waals surface area (Å²) in [5.41, 5.74) is 0.661. The molecule has 1 N–H and O–H groups in total. The minimum atomic E-state index is -3.88. The van der Waals surface area contributed by atoms with Crippen LogP contribution in [0.5, 0.6) is 0 Å². The minimum absolute atomic E-state index is 0.0416. The van der Waals surface area contributed by atoms with Crippen LogP contribution in [0.4, 0.5) is 4.79 Å². The number of nitrogens with one attached hydrogen (secondary N) is 1. The van der Waals surface area contributed by atoms with E-state index < -0.39 is 16.1 Å². The van der Waals surface area contributed by atoms with Crippen LogP contribution in [0.2, 0.25) is 0 Å². The Hall–Kier alpha value is -1.56. The number of benzene rings is 1. The Morgan fingerprint density at radius 2 is 1.94 bits per heavy atom. The lowest BCUT2D eigenvalue weighted by molar-refractivity contribution is 0.158. The van der Waals surface area contributed by atoms with Gasteiger partial charge in [0.1, 0.15) is 0 Å². The zero-order chi connectivity index (χ0) is 13.8. The molecular formula is C12H17NO4S. The maximum Gasteiger partial charge on any atom is 0.421 e. The van der Waals surface area contributed by atoms with Crippen LogP contribution >= 0.6 is 0 Å². The summed E-state index contributed by atoms with van der Waals surface area (Å²) in [6.45, 7) is 5.50. The molecule has 1 rings (SSSR count). The van der Waals surface area contributed by atoms with Crippen LogP contribution < -0.4 is 4.72 Å². The van der Waals surface area contributed by atoms with Gasteiger partial charge in [-0.05, 0) is 24.5 Å². The van der Waals surface area contributed by atoms with Gasteiger partial charge in [0, 0.05) is 0 Å². The second-order valence-electron chi connectivity index (χ2n) is 4.02. The quantitative estimate of drug-likeness (QED) is 0.911. The molecule has 5 nitrogen and oxygen atoms in total. The van der Waals surface area contributed by atoms with E-state index >= 15 is 0 Å². The van der Waals surface area contributed by atoms with Gasteiger partial charge in [-0.1, -0.05) is 32.0 Å². The fourth-order valence-corrected chi connectivity index (χ4v) is 2.79. The van der Waals surface area contributed by atoms with Crippen molar-refractivity contribution in [3.05, 3.63) is 29.8 Å². The summed E-state index contributed by atoms with van der Waals surface area (Å²) in [4.78, 5) is 11.3. The molecule has 0 unspecified atom stereocenters. The highest BCUT2D eigenvalue weighted by molar-refractivity contribution is 7.90. The SMILES string of the molecule is CCOC(=O)NS(=O)(=O)c1ccccc1C(C)C. The molecular weight excluding hydrogens is 254 g/mol. The zero-order valence-electron chi connectivity index (χ0n) is 10.6. The lowest BCUT2D eigenvalue weighted by atomic mass is 10.0. The highest BCUT2D eigenvalue weighted by atomic mass is 32.2. The number of rotatable bonds is 4. The second-order valence-corrected chi connectivity index (χ2v) is 5.67. The summed E-state index contributed by atoms with van der Waals surface area (Å²) >= 11 is 0. The molecule has 0 radical (unpaired) electrons. The van der Waals surface area contributed by atoms with Gasteiger partial charge in [0.05, 0.1) is 11.5 Å². The molecule has 0 aromatic heterocycles. The highest BCUT2D eigenvalue weighted by Gasteiger charge is 2.22. The summed E-state index contributed by atoms with van der Waals surface area (Å²) in [5, 5.41) is 0. The zero-order valence-corrected chi connectivity index (χ0v) is 11.5. The van der Waals surface area contributed by atoms with E-state index in [4.69, 9.17) is 0 Å². The summed E-state index contributed by atoms with van der Waals surface area (Å²) in [7, 11) is -3.88. The lowest BCUT2D eigenvalue weighted by Crippen LogP contribution is -2.31. The third-order valence-corrected chi connectivity index (χ3v) is 3.71. The first-order chi connectivity index (χ1) is 8.38. The van der Waals surface area contributed by atoms with E-state index in [1.807, 2.05) is 18.6 Å². The fourth-order valence-electron chi connectivity index (χ4n) is 1.53. The smallest absolute Gasteiger partial charge is 0.421 e. The van der Waals surface area contributed by atoms with Gasteiger partial charge in [-0.3, -0.25) is 0 Å². The van der Waals surface area contributed by atoms with E-state index in [0.717, 1.165) is 0 Å². The Bertz CT molecular complexity index is 523. The Kier molecular flexibility index (Phi) is 4.72. The van der Waals surface area contributed by atoms with Gasteiger partial charge in [0.15, 0.2) is 0 Å². The van der Waals surface area contributed by atoms with E-state index in [-0.39, 0.29) is 17.4 Å². The van der Waals surface area contributed by atoms with E-state index in [1.165, 1.54) is 6.07 Å². The van der Waals surface area contributed by atoms with Crippen molar-refractivity contribution >= 4 is 16.1 Å². The maximum atomic E-state index is 12.0. The largest absolute Gasteiger partial charge is 0.449 e. The molecule has 1 aromatic rings. The third kappa shape index (κ3) is 3.46. The Morgan fingerprint density at radius 3 is 2.50 bits per heavy atom. The van der Waals surface area contributed by atoms with Gasteiger partial charge in [0.2, 0.25) is 0 Å². The average molecular weight is 271 g/mol. The molecule has 0 heterocycles. The van der Waals surface area contributed by atoms with Crippen molar-refractivity contribution in [2.45, 2.75) is 31.6 Å². The van der Waals surface area contributed by atoms with E-state index in [1.54, 1.807) is 25.1 Å². The van der Waals surface area contributed by atoms with Crippen LogP contribution in [0.15, 0.2) is 29.2 Å². The lowest BCUT2D eigenvalue weighted by Gasteiger charge is -2.13. The Morgan fingerprint density at radius 1 is 1.33 bits per heavy atom. The summed E-state index contributed by atoms with van der Waals surface area (Å²) in [6, 6.07) is 6.57. The van der Waals surface area contributed by atoms with Crippen molar-refractivity contribution in [3.8, 4) is 0 Å². The normalized spacial score (nSPS) is 11.3. The van der Waals surface area contributed by atoms with Crippen molar-refractivity contribution in [3.63, 3.8) is 0 Å². The predicted molar refractivity (Wildman–Crippen MR) is 67.9 cm³/mol. The molecule has 1 aromatic carbocycles. The molecule has 6 heteroatoms. The molecule has 0 atom stereocenters. The third-order valence-electron chi connectivity index (χ3n) is 2.32. The molecule has 0 aliphatic rings. The Balaban J connectivity index is 3.09. The number of ether oxygens (including phenoxy) is 1. The van der Waals surface area contributed by atoms with E-state index in [2.05, 4.69) is 4.74 Å². The van der Waals surface area contributed by atoms with Crippen molar-refractivity contribution in [2.75, 3.05) is 6.61 Å². The molecule has 0 saturated carbocycles. The van der Waals surface area contributed by atoms with Gasteiger partial charge < -0.3 is 4.74 Å². The second kappa shape index (κ2) is 5.86. The average Bonchev–Trinajstić information content (AvgIpc) is 2.28. The van der Waals surface area contributed by atoms with Crippen LogP contribution in [0.25, 0.3) is 0 Å². The number of sulfonamides is 1. The fraction of sp³-hybridized carbons (Fsp3) is 0.417.